The van der Waals surface area contributed by atoms with Crippen LogP contribution in [0.25, 0.3) is 11.1 Å². The molecule has 0 fully saturated rings. The predicted octanol–water partition coefficient (Wildman–Crippen LogP) is 4.25. The normalized spacial score (nSPS) is 11.5. The highest BCUT2D eigenvalue weighted by atomic mass is 32.2. The summed E-state index contributed by atoms with van der Waals surface area (Å²) in [6, 6.07) is 19.4. The maximum atomic E-state index is 12.1. The van der Waals surface area contributed by atoms with E-state index in [4.69, 9.17) is 5.11 Å². The molecule has 2 aromatic carbocycles. The Hall–Kier alpha value is -2.50. The van der Waals surface area contributed by atoms with Gasteiger partial charge in [-0.15, -0.1) is 0 Å². The van der Waals surface area contributed by atoms with Crippen molar-refractivity contribution in [3.05, 3.63) is 83.7 Å². The van der Waals surface area contributed by atoms with E-state index in [9.17, 15) is 8.42 Å². The van der Waals surface area contributed by atoms with E-state index in [1.165, 1.54) is 11.1 Å². The summed E-state index contributed by atoms with van der Waals surface area (Å²) in [4.78, 5) is 4.67. The molecule has 1 N–H and O–H groups in total. The van der Waals surface area contributed by atoms with E-state index >= 15 is 0 Å². The zero-order valence-electron chi connectivity index (χ0n) is 16.7. The van der Waals surface area contributed by atoms with E-state index in [0.29, 0.717) is 0 Å². The average molecular weight is 410 g/mol. The lowest BCUT2D eigenvalue weighted by atomic mass is 9.94. The summed E-state index contributed by atoms with van der Waals surface area (Å²) < 4.78 is 24.2. The number of benzene rings is 2. The Labute approximate surface area is 173 Å². The van der Waals surface area contributed by atoms with Crippen molar-refractivity contribution in [2.24, 2.45) is 0 Å². The molecule has 0 bridgehead atoms. The van der Waals surface area contributed by atoms with Gasteiger partial charge in [0.2, 0.25) is 0 Å². The smallest absolute Gasteiger partial charge is 0.180 e. The van der Waals surface area contributed by atoms with Crippen molar-refractivity contribution in [3.8, 4) is 11.1 Å². The first-order valence-electron chi connectivity index (χ1n) is 9.99. The minimum absolute atomic E-state index is 0.244. The highest BCUT2D eigenvalue weighted by Gasteiger charge is 2.14. The molecule has 0 radical (unpaired) electrons. The van der Waals surface area contributed by atoms with Crippen LogP contribution >= 0.6 is 0 Å². The van der Waals surface area contributed by atoms with Crippen LogP contribution in [0.15, 0.2) is 71.8 Å². The van der Waals surface area contributed by atoms with Gasteiger partial charge in [0.15, 0.2) is 9.84 Å². The molecule has 0 amide bonds. The fraction of sp³-hybridized carbons (Fsp3) is 0.292. The van der Waals surface area contributed by atoms with Crippen LogP contribution in [0.3, 0.4) is 0 Å². The van der Waals surface area contributed by atoms with Crippen LogP contribution in [0.5, 0.6) is 0 Å². The molecule has 0 saturated carbocycles. The number of hydrogen-bond donors (Lipinski definition) is 1. The third-order valence-electron chi connectivity index (χ3n) is 5.01. The molecule has 4 nitrogen and oxygen atoms in total. The minimum Gasteiger partial charge on any atom is -0.395 e. The van der Waals surface area contributed by atoms with Gasteiger partial charge in [-0.05, 0) is 65.8 Å². The molecule has 0 atom stereocenters. The van der Waals surface area contributed by atoms with E-state index in [1.54, 1.807) is 12.1 Å². The summed E-state index contributed by atoms with van der Waals surface area (Å²) >= 11 is 0. The van der Waals surface area contributed by atoms with Crippen molar-refractivity contribution in [2.45, 2.75) is 37.5 Å². The van der Waals surface area contributed by atoms with E-state index in [-0.39, 0.29) is 17.3 Å². The molecule has 3 rings (SSSR count). The number of aromatic nitrogens is 1. The van der Waals surface area contributed by atoms with Crippen LogP contribution in [-0.4, -0.2) is 30.9 Å². The summed E-state index contributed by atoms with van der Waals surface area (Å²) in [6.07, 6.45) is 5.76. The highest BCUT2D eigenvalue weighted by molar-refractivity contribution is 7.91. The van der Waals surface area contributed by atoms with Gasteiger partial charge >= 0.3 is 0 Å². The van der Waals surface area contributed by atoms with Gasteiger partial charge < -0.3 is 5.11 Å². The van der Waals surface area contributed by atoms with Gasteiger partial charge in [0.25, 0.3) is 0 Å². The van der Waals surface area contributed by atoms with Crippen molar-refractivity contribution in [1.29, 1.82) is 0 Å². The zero-order chi connectivity index (χ0) is 20.7. The first-order valence-corrected chi connectivity index (χ1v) is 11.6. The van der Waals surface area contributed by atoms with Gasteiger partial charge in [-0.3, -0.25) is 4.98 Å². The van der Waals surface area contributed by atoms with Gasteiger partial charge in [0.1, 0.15) is 0 Å². The molecule has 1 heterocycles. The fourth-order valence-corrected chi connectivity index (χ4v) is 4.48. The quantitative estimate of drug-likeness (QED) is 0.574. The van der Waals surface area contributed by atoms with Crippen molar-refractivity contribution in [2.75, 3.05) is 12.4 Å². The van der Waals surface area contributed by atoms with Crippen LogP contribution in [0.1, 0.15) is 30.2 Å². The Morgan fingerprint density at radius 3 is 2.28 bits per heavy atom. The molecular weight excluding hydrogens is 382 g/mol. The second-order valence-electron chi connectivity index (χ2n) is 7.12. The number of aliphatic hydroxyl groups is 1. The lowest BCUT2D eigenvalue weighted by molar-refractivity contribution is 0.319. The Kier molecular flexibility index (Phi) is 7.18. The van der Waals surface area contributed by atoms with E-state index in [2.05, 4.69) is 36.2 Å². The van der Waals surface area contributed by atoms with Gasteiger partial charge in [0, 0.05) is 11.9 Å². The third kappa shape index (κ3) is 5.52. The van der Waals surface area contributed by atoms with Crippen molar-refractivity contribution in [3.63, 3.8) is 0 Å². The number of sulfone groups is 1. The largest absolute Gasteiger partial charge is 0.395 e. The molecule has 0 aliphatic rings. The number of aliphatic hydroxyl groups excluding tert-OH is 1. The summed E-state index contributed by atoms with van der Waals surface area (Å²) in [5, 5.41) is 8.95. The van der Waals surface area contributed by atoms with Gasteiger partial charge in [-0.25, -0.2) is 8.42 Å². The molecule has 0 saturated heterocycles. The molecule has 29 heavy (non-hydrogen) atoms. The first kappa shape index (κ1) is 21.2. The molecular formula is C24H27NO3S. The Balaban J connectivity index is 1.86. The highest BCUT2D eigenvalue weighted by Crippen LogP contribution is 2.26. The zero-order valence-corrected chi connectivity index (χ0v) is 17.5. The van der Waals surface area contributed by atoms with Crippen LogP contribution < -0.4 is 0 Å². The topological polar surface area (TPSA) is 67.3 Å². The van der Waals surface area contributed by atoms with Gasteiger partial charge in [-0.2, -0.15) is 0 Å². The van der Waals surface area contributed by atoms with Crippen molar-refractivity contribution < 1.29 is 13.5 Å². The third-order valence-corrected chi connectivity index (χ3v) is 6.72. The molecule has 0 unspecified atom stereocenters. The molecule has 1 aromatic heterocycles. The van der Waals surface area contributed by atoms with Crippen LogP contribution in [0.4, 0.5) is 0 Å². The van der Waals surface area contributed by atoms with Crippen LogP contribution in [0, 0.1) is 0 Å². The van der Waals surface area contributed by atoms with Crippen molar-refractivity contribution in [1.82, 2.24) is 4.98 Å². The maximum Gasteiger partial charge on any atom is 0.180 e. The molecule has 5 heteroatoms. The molecule has 0 spiro atoms. The van der Waals surface area contributed by atoms with E-state index < -0.39 is 9.84 Å². The predicted molar refractivity (Wildman–Crippen MR) is 117 cm³/mol. The number of nitrogens with zero attached hydrogens (tertiary/aromatic N) is 1. The molecule has 152 valence electrons. The summed E-state index contributed by atoms with van der Waals surface area (Å²) in [5.74, 6) is -0.254. The second kappa shape index (κ2) is 9.81. The lowest BCUT2D eigenvalue weighted by Gasteiger charge is -2.12. The van der Waals surface area contributed by atoms with E-state index in [1.807, 2.05) is 30.5 Å². The number of rotatable bonds is 9. The number of pyridine rings is 1. The first-order chi connectivity index (χ1) is 14.0. The van der Waals surface area contributed by atoms with Crippen LogP contribution in [0.2, 0.25) is 0 Å². The summed E-state index contributed by atoms with van der Waals surface area (Å²) in [6.45, 7) is 1.81. The van der Waals surface area contributed by atoms with E-state index in [0.717, 1.165) is 42.5 Å². The number of aryl methyl sites for hydroxylation is 3. The minimum atomic E-state index is -3.43. The summed E-state index contributed by atoms with van der Waals surface area (Å²) in [7, 11) is -3.43. The average Bonchev–Trinajstić information content (AvgIpc) is 2.74. The monoisotopic (exact) mass is 409 g/mol. The molecule has 0 aliphatic heterocycles. The lowest BCUT2D eigenvalue weighted by Crippen LogP contribution is -2.09. The Morgan fingerprint density at radius 2 is 1.62 bits per heavy atom. The number of hydrogen-bond acceptors (Lipinski definition) is 4. The molecule has 0 aliphatic carbocycles. The maximum absolute atomic E-state index is 12.1. The van der Waals surface area contributed by atoms with Crippen LogP contribution in [-0.2, 0) is 29.1 Å². The summed E-state index contributed by atoms with van der Waals surface area (Å²) in [5.41, 5.74) is 5.81. The second-order valence-corrected chi connectivity index (χ2v) is 9.23. The Morgan fingerprint density at radius 1 is 0.862 bits per heavy atom. The van der Waals surface area contributed by atoms with Crippen molar-refractivity contribution >= 4 is 9.84 Å². The molecule has 3 aromatic rings. The van der Waals surface area contributed by atoms with Gasteiger partial charge in [-0.1, -0.05) is 49.7 Å². The SMILES string of the molecule is CCCc1ccc(-c2ccc(S(=O)(=O)CCO)cc2)cc1CCc1ccccn1. The standard InChI is InChI=1S/C24H27NO3S/c1-2-5-19-7-8-21(18-22(19)9-12-23-6-3-4-15-25-23)20-10-13-24(14-11-20)29(27,28)17-16-26/h3-4,6-8,10-11,13-15,18,26H,2,5,9,12,16-17H2,1H3. The van der Waals surface area contributed by atoms with Gasteiger partial charge in [0.05, 0.1) is 17.3 Å². The Bertz CT molecular complexity index is 1030. The fourth-order valence-electron chi connectivity index (χ4n) is 3.45.